The van der Waals surface area contributed by atoms with Gasteiger partial charge in [0, 0.05) is 43.0 Å². The lowest BCUT2D eigenvalue weighted by molar-refractivity contribution is 0.795. The predicted molar refractivity (Wildman–Crippen MR) is 107 cm³/mol. The minimum atomic E-state index is 0.597. The van der Waals surface area contributed by atoms with E-state index in [0.29, 0.717) is 6.54 Å². The molecule has 3 rings (SSSR count). The molecule has 6 nitrogen and oxygen atoms in total. The van der Waals surface area contributed by atoms with Crippen LogP contribution in [0.3, 0.4) is 0 Å². The first-order chi connectivity index (χ1) is 12.8. The van der Waals surface area contributed by atoms with Crippen molar-refractivity contribution in [3.8, 4) is 5.69 Å². The van der Waals surface area contributed by atoms with Crippen LogP contribution in [0.1, 0.15) is 22.4 Å². The van der Waals surface area contributed by atoms with E-state index in [1.54, 1.807) is 17.5 Å². The Morgan fingerprint density at radius 3 is 2.88 bits per heavy atom. The number of aryl methyl sites for hydroxylation is 1. The Balaban J connectivity index is 1.64. The van der Waals surface area contributed by atoms with E-state index >= 15 is 0 Å². The number of para-hydroxylation sites is 1. The van der Waals surface area contributed by atoms with Crippen LogP contribution in [0.25, 0.3) is 5.69 Å². The minimum absolute atomic E-state index is 0.597. The lowest BCUT2D eigenvalue weighted by Gasteiger charge is -2.12. The summed E-state index contributed by atoms with van der Waals surface area (Å²) in [5, 5.41) is 7.84. The summed E-state index contributed by atoms with van der Waals surface area (Å²) in [6.07, 6.45) is 8.36. The first-order valence-electron chi connectivity index (χ1n) is 8.76. The zero-order valence-electron chi connectivity index (χ0n) is 15.1. The van der Waals surface area contributed by atoms with Crippen LogP contribution < -0.4 is 10.6 Å². The number of aromatic nitrogens is 3. The first kappa shape index (κ1) is 18.1. The number of rotatable bonds is 7. The van der Waals surface area contributed by atoms with E-state index in [1.807, 2.05) is 35.4 Å². The number of benzene rings is 1. The highest BCUT2D eigenvalue weighted by atomic mass is 32.1. The van der Waals surface area contributed by atoms with Crippen LogP contribution in [-0.2, 0) is 13.0 Å². The van der Waals surface area contributed by atoms with E-state index in [9.17, 15) is 0 Å². The zero-order valence-corrected chi connectivity index (χ0v) is 16.0. The molecule has 0 bridgehead atoms. The van der Waals surface area contributed by atoms with Crippen molar-refractivity contribution >= 4 is 17.3 Å². The second kappa shape index (κ2) is 9.15. The van der Waals surface area contributed by atoms with Crippen LogP contribution in [0.4, 0.5) is 0 Å². The summed E-state index contributed by atoms with van der Waals surface area (Å²) in [6.45, 7) is 6.38. The smallest absolute Gasteiger partial charge is 0.191 e. The van der Waals surface area contributed by atoms with E-state index in [1.165, 1.54) is 4.88 Å². The van der Waals surface area contributed by atoms with Crippen LogP contribution in [0, 0.1) is 6.92 Å². The van der Waals surface area contributed by atoms with Crippen LogP contribution >= 0.6 is 11.3 Å². The van der Waals surface area contributed by atoms with E-state index in [4.69, 9.17) is 4.99 Å². The molecule has 0 aliphatic heterocycles. The second-order valence-electron chi connectivity index (χ2n) is 5.84. The van der Waals surface area contributed by atoms with Crippen LogP contribution in [0.5, 0.6) is 0 Å². The number of nitrogens with zero attached hydrogens (tertiary/aromatic N) is 4. The quantitative estimate of drug-likeness (QED) is 0.497. The van der Waals surface area contributed by atoms with Crippen LogP contribution in [0.2, 0.25) is 0 Å². The number of hydrogen-bond donors (Lipinski definition) is 2. The highest BCUT2D eigenvalue weighted by Crippen LogP contribution is 2.15. The Morgan fingerprint density at radius 1 is 1.27 bits per heavy atom. The predicted octanol–water partition coefficient (Wildman–Crippen LogP) is 2.94. The van der Waals surface area contributed by atoms with Crippen molar-refractivity contribution in [3.63, 3.8) is 0 Å². The van der Waals surface area contributed by atoms with Gasteiger partial charge in [0.25, 0.3) is 0 Å². The van der Waals surface area contributed by atoms with E-state index in [0.717, 1.165) is 41.7 Å². The lowest BCUT2D eigenvalue weighted by Crippen LogP contribution is -2.38. The maximum atomic E-state index is 4.73. The van der Waals surface area contributed by atoms with Gasteiger partial charge in [-0.1, -0.05) is 18.2 Å². The van der Waals surface area contributed by atoms with Crippen molar-refractivity contribution in [2.45, 2.75) is 26.8 Å². The molecule has 3 aromatic rings. The summed E-state index contributed by atoms with van der Waals surface area (Å²) in [6, 6.07) is 8.25. The number of guanidine groups is 1. The average molecular weight is 369 g/mol. The summed E-state index contributed by atoms with van der Waals surface area (Å²) in [5.41, 5.74) is 2.25. The van der Waals surface area contributed by atoms with Gasteiger partial charge in [0.1, 0.15) is 0 Å². The van der Waals surface area contributed by atoms with Gasteiger partial charge in [-0.05, 0) is 25.5 Å². The average Bonchev–Trinajstić information content (AvgIpc) is 3.32. The molecule has 0 amide bonds. The first-order valence-corrected chi connectivity index (χ1v) is 9.57. The monoisotopic (exact) mass is 368 g/mol. The number of thiazole rings is 1. The molecule has 7 heteroatoms. The summed E-state index contributed by atoms with van der Waals surface area (Å²) in [7, 11) is 0. The van der Waals surface area contributed by atoms with Gasteiger partial charge in [-0.25, -0.2) is 15.0 Å². The van der Waals surface area contributed by atoms with Gasteiger partial charge in [0.2, 0.25) is 0 Å². The van der Waals surface area contributed by atoms with Crippen molar-refractivity contribution < 1.29 is 0 Å². The third kappa shape index (κ3) is 4.92. The molecule has 0 unspecified atom stereocenters. The minimum Gasteiger partial charge on any atom is -0.357 e. The molecule has 1 aromatic carbocycles. The summed E-state index contributed by atoms with van der Waals surface area (Å²) in [5.74, 6) is 0.821. The Bertz CT molecular complexity index is 837. The fraction of sp³-hybridized carbons (Fsp3) is 0.316. The molecule has 0 aliphatic rings. The zero-order chi connectivity index (χ0) is 18.2. The molecule has 0 fully saturated rings. The molecule has 2 heterocycles. The van der Waals surface area contributed by atoms with Crippen LogP contribution in [0.15, 0.2) is 54.2 Å². The Hall–Kier alpha value is -2.67. The van der Waals surface area contributed by atoms with Gasteiger partial charge < -0.3 is 15.2 Å². The van der Waals surface area contributed by atoms with Gasteiger partial charge in [-0.3, -0.25) is 0 Å². The second-order valence-corrected chi connectivity index (χ2v) is 7.15. The number of hydrogen-bond acceptors (Lipinski definition) is 4. The highest BCUT2D eigenvalue weighted by Gasteiger charge is 2.05. The van der Waals surface area contributed by atoms with Crippen molar-refractivity contribution in [2.24, 2.45) is 4.99 Å². The third-order valence-corrected chi connectivity index (χ3v) is 4.80. The standard InChI is InChI=1S/C19H24N6S/c1-3-21-19(22-9-8-18-23-12-15(2)26-18)24-13-16-6-4-5-7-17(16)25-11-10-20-14-25/h4-7,10-12,14H,3,8-9,13H2,1-2H3,(H2,21,22,24). The maximum Gasteiger partial charge on any atom is 0.191 e. The molecule has 0 saturated heterocycles. The van der Waals surface area contributed by atoms with E-state index in [2.05, 4.69) is 46.6 Å². The van der Waals surface area contributed by atoms with Crippen molar-refractivity contribution in [1.82, 2.24) is 25.2 Å². The SMILES string of the molecule is CCNC(=NCc1ccccc1-n1ccnc1)NCCc1ncc(C)s1. The summed E-state index contributed by atoms with van der Waals surface area (Å²) >= 11 is 1.74. The summed E-state index contributed by atoms with van der Waals surface area (Å²) < 4.78 is 2.01. The number of nitrogens with one attached hydrogen (secondary N) is 2. The molecule has 2 N–H and O–H groups in total. The Morgan fingerprint density at radius 2 is 2.15 bits per heavy atom. The fourth-order valence-electron chi connectivity index (χ4n) is 2.61. The fourth-order valence-corrected chi connectivity index (χ4v) is 3.40. The van der Waals surface area contributed by atoms with E-state index < -0.39 is 0 Å². The van der Waals surface area contributed by atoms with Crippen LogP contribution in [-0.4, -0.2) is 33.6 Å². The molecule has 0 atom stereocenters. The summed E-state index contributed by atoms with van der Waals surface area (Å²) in [4.78, 5) is 14.5. The molecule has 2 aromatic heterocycles. The molecule has 26 heavy (non-hydrogen) atoms. The van der Waals surface area contributed by atoms with Gasteiger partial charge in [-0.15, -0.1) is 11.3 Å². The Labute approximate surface area is 158 Å². The third-order valence-electron chi connectivity index (χ3n) is 3.83. The van der Waals surface area contributed by atoms with Crippen molar-refractivity contribution in [3.05, 3.63) is 64.6 Å². The normalized spacial score (nSPS) is 11.5. The van der Waals surface area contributed by atoms with Crippen molar-refractivity contribution in [2.75, 3.05) is 13.1 Å². The molecule has 0 spiro atoms. The van der Waals surface area contributed by atoms with Gasteiger partial charge >= 0.3 is 0 Å². The number of aliphatic imine (C=N–C) groups is 1. The molecular weight excluding hydrogens is 344 g/mol. The lowest BCUT2D eigenvalue weighted by atomic mass is 10.2. The van der Waals surface area contributed by atoms with Crippen molar-refractivity contribution in [1.29, 1.82) is 0 Å². The van der Waals surface area contributed by atoms with Gasteiger partial charge in [0.05, 0.1) is 23.6 Å². The largest absolute Gasteiger partial charge is 0.357 e. The maximum absolute atomic E-state index is 4.73. The topological polar surface area (TPSA) is 67.1 Å². The molecule has 0 radical (unpaired) electrons. The number of imidazole rings is 1. The molecule has 0 aliphatic carbocycles. The molecule has 136 valence electrons. The molecule has 0 saturated carbocycles. The van der Waals surface area contributed by atoms with Gasteiger partial charge in [-0.2, -0.15) is 0 Å². The highest BCUT2D eigenvalue weighted by molar-refractivity contribution is 7.11. The van der Waals surface area contributed by atoms with Gasteiger partial charge in [0.15, 0.2) is 5.96 Å². The van der Waals surface area contributed by atoms with E-state index in [-0.39, 0.29) is 0 Å². The molecular formula is C19H24N6S. The Kier molecular flexibility index (Phi) is 6.38.